The normalized spacial score (nSPS) is 10.1. The van der Waals surface area contributed by atoms with Crippen LogP contribution >= 0.6 is 23.2 Å². The third kappa shape index (κ3) is 5.46. The lowest BCUT2D eigenvalue weighted by Gasteiger charge is -2.09. The van der Waals surface area contributed by atoms with E-state index in [1.54, 1.807) is 18.2 Å². The Kier molecular flexibility index (Phi) is 6.62. The van der Waals surface area contributed by atoms with E-state index in [1.165, 1.54) is 7.11 Å². The lowest BCUT2D eigenvalue weighted by molar-refractivity contribution is -0.126. The number of hydrogen-bond donors (Lipinski definition) is 2. The highest BCUT2D eigenvalue weighted by Gasteiger charge is 2.12. The van der Waals surface area contributed by atoms with Crippen molar-refractivity contribution in [3.63, 3.8) is 0 Å². The number of nitrogens with one attached hydrogen (secondary N) is 2. The molecule has 0 aliphatic rings. The quantitative estimate of drug-likeness (QED) is 0.624. The van der Waals surface area contributed by atoms with E-state index in [9.17, 15) is 9.59 Å². The van der Waals surface area contributed by atoms with E-state index in [1.807, 2.05) is 0 Å². The Hall–Kier alpha value is -1.30. The molecule has 2 amide bonds. The van der Waals surface area contributed by atoms with Crippen molar-refractivity contribution in [3.05, 3.63) is 28.2 Å². The van der Waals surface area contributed by atoms with Crippen molar-refractivity contribution in [2.24, 2.45) is 0 Å². The topological polar surface area (TPSA) is 67.4 Å². The number of hydrogen-bond acceptors (Lipinski definition) is 3. The van der Waals surface area contributed by atoms with Crippen LogP contribution in [0.1, 0.15) is 6.42 Å². The highest BCUT2D eigenvalue weighted by molar-refractivity contribution is 6.39. The molecule has 1 rings (SSSR count). The SMILES string of the molecule is COCCNC(=O)CC(=O)Nc1c(Cl)cccc1Cl. The number of amides is 2. The van der Waals surface area contributed by atoms with Gasteiger partial charge in [-0.15, -0.1) is 0 Å². The molecule has 104 valence electrons. The van der Waals surface area contributed by atoms with E-state index in [0.717, 1.165) is 0 Å². The van der Waals surface area contributed by atoms with Crippen molar-refractivity contribution in [1.82, 2.24) is 5.32 Å². The van der Waals surface area contributed by atoms with Crippen molar-refractivity contribution in [2.45, 2.75) is 6.42 Å². The van der Waals surface area contributed by atoms with Crippen LogP contribution in [-0.4, -0.2) is 32.1 Å². The van der Waals surface area contributed by atoms with E-state index in [-0.39, 0.29) is 6.42 Å². The first-order chi connectivity index (χ1) is 9.04. The van der Waals surface area contributed by atoms with Gasteiger partial charge in [0.1, 0.15) is 6.42 Å². The Labute approximate surface area is 121 Å². The monoisotopic (exact) mass is 304 g/mol. The molecule has 0 atom stereocenters. The van der Waals surface area contributed by atoms with Crippen LogP contribution in [0.15, 0.2) is 18.2 Å². The Bertz CT molecular complexity index is 446. The molecule has 0 fully saturated rings. The van der Waals surface area contributed by atoms with Gasteiger partial charge in [-0.25, -0.2) is 0 Å². The first-order valence-corrected chi connectivity index (χ1v) is 6.29. The third-order valence-electron chi connectivity index (χ3n) is 2.18. The molecule has 0 radical (unpaired) electrons. The molecule has 7 heteroatoms. The van der Waals surface area contributed by atoms with E-state index in [4.69, 9.17) is 27.9 Å². The van der Waals surface area contributed by atoms with Crippen LogP contribution in [0.4, 0.5) is 5.69 Å². The number of carbonyl (C=O) groups excluding carboxylic acids is 2. The van der Waals surface area contributed by atoms with E-state index in [0.29, 0.717) is 28.9 Å². The average molecular weight is 305 g/mol. The summed E-state index contributed by atoms with van der Waals surface area (Å²) in [6, 6.07) is 4.86. The largest absolute Gasteiger partial charge is 0.383 e. The van der Waals surface area contributed by atoms with Gasteiger partial charge < -0.3 is 15.4 Å². The molecule has 0 heterocycles. The Balaban J connectivity index is 2.49. The molecule has 1 aromatic carbocycles. The number of anilines is 1. The molecule has 0 saturated carbocycles. The molecule has 5 nitrogen and oxygen atoms in total. The lowest BCUT2D eigenvalue weighted by Crippen LogP contribution is -2.30. The zero-order valence-corrected chi connectivity index (χ0v) is 11.8. The summed E-state index contributed by atoms with van der Waals surface area (Å²) in [4.78, 5) is 23.0. The fourth-order valence-corrected chi connectivity index (χ4v) is 1.79. The van der Waals surface area contributed by atoms with E-state index in [2.05, 4.69) is 10.6 Å². The maximum absolute atomic E-state index is 11.6. The molecule has 0 bridgehead atoms. The molecule has 0 aliphatic heterocycles. The van der Waals surface area contributed by atoms with Crippen molar-refractivity contribution in [3.8, 4) is 0 Å². The van der Waals surface area contributed by atoms with Crippen molar-refractivity contribution >= 4 is 40.7 Å². The molecule has 1 aromatic rings. The summed E-state index contributed by atoms with van der Waals surface area (Å²) < 4.78 is 4.77. The minimum atomic E-state index is -0.482. The van der Waals surface area contributed by atoms with E-state index < -0.39 is 11.8 Å². The first kappa shape index (κ1) is 15.8. The molecule has 0 aliphatic carbocycles. The number of rotatable bonds is 6. The van der Waals surface area contributed by atoms with Gasteiger partial charge in [-0.05, 0) is 12.1 Å². The number of para-hydroxylation sites is 1. The van der Waals surface area contributed by atoms with Crippen LogP contribution in [0.25, 0.3) is 0 Å². The Morgan fingerprint density at radius 3 is 2.42 bits per heavy atom. The zero-order valence-electron chi connectivity index (χ0n) is 10.3. The van der Waals surface area contributed by atoms with E-state index >= 15 is 0 Å². The fraction of sp³-hybridized carbons (Fsp3) is 0.333. The highest BCUT2D eigenvalue weighted by Crippen LogP contribution is 2.29. The van der Waals surface area contributed by atoms with Crippen LogP contribution in [0.3, 0.4) is 0 Å². The summed E-state index contributed by atoms with van der Waals surface area (Å²) in [7, 11) is 1.53. The molecule has 0 aromatic heterocycles. The summed E-state index contributed by atoms with van der Waals surface area (Å²) in [6.07, 6.45) is -0.300. The van der Waals surface area contributed by atoms with Gasteiger partial charge >= 0.3 is 0 Å². The summed E-state index contributed by atoms with van der Waals surface area (Å²) >= 11 is 11.8. The second kappa shape index (κ2) is 7.99. The van der Waals surface area contributed by atoms with Gasteiger partial charge in [-0.3, -0.25) is 9.59 Å². The summed E-state index contributed by atoms with van der Waals surface area (Å²) in [5.41, 5.74) is 0.306. The predicted molar refractivity (Wildman–Crippen MR) is 74.6 cm³/mol. The van der Waals surface area contributed by atoms with Crippen LogP contribution in [-0.2, 0) is 14.3 Å². The maximum atomic E-state index is 11.6. The van der Waals surface area contributed by atoms with Gasteiger partial charge in [0.15, 0.2) is 0 Å². The van der Waals surface area contributed by atoms with Crippen molar-refractivity contribution < 1.29 is 14.3 Å². The number of carbonyl (C=O) groups is 2. The maximum Gasteiger partial charge on any atom is 0.233 e. The third-order valence-corrected chi connectivity index (χ3v) is 2.81. The smallest absolute Gasteiger partial charge is 0.233 e. The molecule has 0 saturated heterocycles. The van der Waals surface area contributed by atoms with Gasteiger partial charge in [0.2, 0.25) is 11.8 Å². The second-order valence-corrected chi connectivity index (χ2v) is 4.48. The minimum Gasteiger partial charge on any atom is -0.383 e. The molecule has 0 unspecified atom stereocenters. The highest BCUT2D eigenvalue weighted by atomic mass is 35.5. The van der Waals surface area contributed by atoms with Gasteiger partial charge in [-0.1, -0.05) is 29.3 Å². The van der Waals surface area contributed by atoms with Crippen molar-refractivity contribution in [1.29, 1.82) is 0 Å². The average Bonchev–Trinajstić information content (AvgIpc) is 2.34. The van der Waals surface area contributed by atoms with Crippen LogP contribution in [0.2, 0.25) is 10.0 Å². The second-order valence-electron chi connectivity index (χ2n) is 3.66. The summed E-state index contributed by atoms with van der Waals surface area (Å²) in [5.74, 6) is -0.873. The van der Waals surface area contributed by atoms with Gasteiger partial charge in [0, 0.05) is 13.7 Å². The number of halogens is 2. The summed E-state index contributed by atoms with van der Waals surface area (Å²) in [6.45, 7) is 0.749. The molecule has 2 N–H and O–H groups in total. The molecular formula is C12H14Cl2N2O3. The summed E-state index contributed by atoms with van der Waals surface area (Å²) in [5, 5.41) is 5.68. The number of methoxy groups -OCH3 is 1. The van der Waals surface area contributed by atoms with Crippen molar-refractivity contribution in [2.75, 3.05) is 25.6 Å². The standard InChI is InChI=1S/C12H14Cl2N2O3/c1-19-6-5-15-10(17)7-11(18)16-12-8(13)3-2-4-9(12)14/h2-4H,5-7H2,1H3,(H,15,17)(H,16,18). The fourth-order valence-electron chi connectivity index (χ4n) is 1.30. The Morgan fingerprint density at radius 1 is 1.21 bits per heavy atom. The van der Waals surface area contributed by atoms with Crippen LogP contribution < -0.4 is 10.6 Å². The molecular weight excluding hydrogens is 291 g/mol. The van der Waals surface area contributed by atoms with Crippen LogP contribution in [0.5, 0.6) is 0 Å². The van der Waals surface area contributed by atoms with Gasteiger partial charge in [0.25, 0.3) is 0 Å². The van der Waals surface area contributed by atoms with Gasteiger partial charge in [-0.2, -0.15) is 0 Å². The van der Waals surface area contributed by atoms with Gasteiger partial charge in [0.05, 0.1) is 22.3 Å². The van der Waals surface area contributed by atoms with Crippen LogP contribution in [0, 0.1) is 0 Å². The minimum absolute atomic E-state index is 0.300. The predicted octanol–water partition coefficient (Wildman–Crippen LogP) is 2.08. The molecule has 19 heavy (non-hydrogen) atoms. The Morgan fingerprint density at radius 2 is 1.84 bits per heavy atom. The number of ether oxygens (including phenoxy) is 1. The number of benzene rings is 1. The zero-order chi connectivity index (χ0) is 14.3. The molecule has 0 spiro atoms. The lowest BCUT2D eigenvalue weighted by atomic mass is 10.3. The first-order valence-electron chi connectivity index (χ1n) is 5.54.